The highest BCUT2D eigenvalue weighted by atomic mass is 16.4. The molecule has 0 spiro atoms. The zero-order valence-electron chi connectivity index (χ0n) is 10.6. The average molecular weight is 268 g/mol. The highest BCUT2D eigenvalue weighted by Gasteiger charge is 2.09. The second-order valence-corrected chi connectivity index (χ2v) is 4.47. The Hall–Kier alpha value is -2.76. The van der Waals surface area contributed by atoms with Gasteiger partial charge in [0.1, 0.15) is 11.6 Å². The maximum absolute atomic E-state index is 10.6. The van der Waals surface area contributed by atoms with Crippen molar-refractivity contribution in [1.82, 2.24) is 15.0 Å². The van der Waals surface area contributed by atoms with Gasteiger partial charge in [-0.15, -0.1) is 0 Å². The molecular weight excluding hydrogens is 256 g/mol. The molecule has 0 aliphatic carbocycles. The molecule has 1 aromatic carbocycles. The third-order valence-electron chi connectivity index (χ3n) is 3.03. The van der Waals surface area contributed by atoms with E-state index in [1.165, 1.54) is 0 Å². The zero-order valence-corrected chi connectivity index (χ0v) is 10.6. The van der Waals surface area contributed by atoms with Gasteiger partial charge >= 0.3 is 5.97 Å². The molecular formula is C14H12N4O2. The number of nitrogens with two attached hydrogens (primary N) is 1. The van der Waals surface area contributed by atoms with Gasteiger partial charge in [-0.2, -0.15) is 0 Å². The van der Waals surface area contributed by atoms with Gasteiger partial charge in [0, 0.05) is 11.8 Å². The fraction of sp³-hybridized carbons (Fsp3) is 0.143. The summed E-state index contributed by atoms with van der Waals surface area (Å²) < 4.78 is 0. The monoisotopic (exact) mass is 268 g/mol. The predicted molar refractivity (Wildman–Crippen MR) is 75.2 cm³/mol. The number of carbonyl (C=O) groups is 1. The number of nitrogens with zero attached hydrogens (tertiary/aromatic N) is 3. The van der Waals surface area contributed by atoms with Crippen LogP contribution in [0.4, 0.5) is 5.82 Å². The second-order valence-electron chi connectivity index (χ2n) is 4.47. The molecule has 2 heterocycles. The van der Waals surface area contributed by atoms with Crippen LogP contribution < -0.4 is 5.73 Å². The summed E-state index contributed by atoms with van der Waals surface area (Å²) in [4.78, 5) is 23.5. The molecule has 0 amide bonds. The first kappa shape index (κ1) is 12.3. The lowest BCUT2D eigenvalue weighted by Crippen LogP contribution is -2.05. The Labute approximate surface area is 114 Å². The van der Waals surface area contributed by atoms with Gasteiger partial charge in [0.2, 0.25) is 0 Å². The van der Waals surface area contributed by atoms with Crippen LogP contribution in [0.2, 0.25) is 0 Å². The highest BCUT2D eigenvalue weighted by Crippen LogP contribution is 2.22. The van der Waals surface area contributed by atoms with E-state index >= 15 is 0 Å². The smallest absolute Gasteiger partial charge is 0.303 e. The predicted octanol–water partition coefficient (Wildman–Crippen LogP) is 1.78. The molecule has 0 aliphatic heterocycles. The molecule has 2 aromatic heterocycles. The van der Waals surface area contributed by atoms with Crippen LogP contribution in [0.5, 0.6) is 0 Å². The summed E-state index contributed by atoms with van der Waals surface area (Å²) in [5, 5.41) is 10.3. The number of aryl methyl sites for hydroxylation is 1. The largest absolute Gasteiger partial charge is 0.481 e. The fourth-order valence-corrected chi connectivity index (χ4v) is 2.06. The van der Waals surface area contributed by atoms with Crippen LogP contribution in [0.15, 0.2) is 30.3 Å². The Bertz CT molecular complexity index is 817. The molecule has 6 nitrogen and oxygen atoms in total. The number of fused-ring (bicyclic) bond motifs is 2. The van der Waals surface area contributed by atoms with Crippen molar-refractivity contribution in [3.05, 3.63) is 36.2 Å². The van der Waals surface area contributed by atoms with E-state index in [0.717, 1.165) is 10.9 Å². The number of anilines is 1. The summed E-state index contributed by atoms with van der Waals surface area (Å²) in [6.45, 7) is 0. The lowest BCUT2D eigenvalue weighted by atomic mass is 10.2. The van der Waals surface area contributed by atoms with E-state index < -0.39 is 5.97 Å². The summed E-state index contributed by atoms with van der Waals surface area (Å²) in [6, 6.07) is 9.56. The van der Waals surface area contributed by atoms with E-state index in [2.05, 4.69) is 15.0 Å². The third-order valence-corrected chi connectivity index (χ3v) is 3.03. The van der Waals surface area contributed by atoms with Crippen molar-refractivity contribution in [1.29, 1.82) is 0 Å². The van der Waals surface area contributed by atoms with E-state index in [0.29, 0.717) is 22.7 Å². The fourth-order valence-electron chi connectivity index (χ4n) is 2.06. The minimum absolute atomic E-state index is 0.0292. The summed E-state index contributed by atoms with van der Waals surface area (Å²) in [5.41, 5.74) is 7.23. The van der Waals surface area contributed by atoms with Gasteiger partial charge < -0.3 is 10.8 Å². The van der Waals surface area contributed by atoms with Crippen molar-refractivity contribution in [2.45, 2.75) is 12.8 Å². The molecule has 0 bridgehead atoms. The van der Waals surface area contributed by atoms with E-state index in [9.17, 15) is 4.79 Å². The van der Waals surface area contributed by atoms with E-state index in [1.807, 2.05) is 30.3 Å². The Morgan fingerprint density at radius 2 is 2.00 bits per heavy atom. The van der Waals surface area contributed by atoms with Crippen LogP contribution in [0.25, 0.3) is 21.9 Å². The lowest BCUT2D eigenvalue weighted by Gasteiger charge is -2.05. The number of rotatable bonds is 3. The van der Waals surface area contributed by atoms with Gasteiger partial charge in [-0.05, 0) is 12.1 Å². The number of carboxylic acid groups (broad SMARTS) is 1. The molecule has 0 saturated heterocycles. The molecule has 0 radical (unpaired) electrons. The number of aromatic nitrogens is 3. The number of hydrogen-bond donors (Lipinski definition) is 2. The first-order valence-electron chi connectivity index (χ1n) is 6.17. The van der Waals surface area contributed by atoms with Crippen molar-refractivity contribution in [2.75, 3.05) is 5.73 Å². The van der Waals surface area contributed by atoms with Gasteiger partial charge in [-0.1, -0.05) is 18.2 Å². The van der Waals surface area contributed by atoms with E-state index in [1.54, 1.807) is 0 Å². The standard InChI is InChI=1S/C14H12N4O2/c15-13-9-7-8-3-1-2-4-10(8)16-14(9)18-11(17-13)5-6-12(19)20/h1-4,7H,5-6H2,(H,19,20)(H2,15,16,17,18). The van der Waals surface area contributed by atoms with Crippen LogP contribution in [-0.4, -0.2) is 26.0 Å². The Kier molecular flexibility index (Phi) is 2.90. The molecule has 0 aliphatic rings. The molecule has 3 aromatic rings. The molecule has 6 heteroatoms. The second kappa shape index (κ2) is 4.73. The van der Waals surface area contributed by atoms with Crippen LogP contribution in [0, 0.1) is 0 Å². The van der Waals surface area contributed by atoms with Gasteiger partial charge in [0.25, 0.3) is 0 Å². The van der Waals surface area contributed by atoms with Gasteiger partial charge in [0.15, 0.2) is 5.65 Å². The minimum atomic E-state index is -0.890. The maximum atomic E-state index is 10.6. The first-order valence-corrected chi connectivity index (χ1v) is 6.17. The maximum Gasteiger partial charge on any atom is 0.303 e. The zero-order chi connectivity index (χ0) is 14.1. The van der Waals surface area contributed by atoms with Crippen LogP contribution in [0.1, 0.15) is 12.2 Å². The van der Waals surface area contributed by atoms with E-state index in [-0.39, 0.29) is 12.8 Å². The Morgan fingerprint density at radius 1 is 1.20 bits per heavy atom. The molecule has 100 valence electrons. The van der Waals surface area contributed by atoms with Gasteiger partial charge in [0.05, 0.1) is 17.3 Å². The summed E-state index contributed by atoms with van der Waals surface area (Å²) in [5.74, 6) is -0.160. The Balaban J connectivity index is 2.14. The average Bonchev–Trinajstić information content (AvgIpc) is 2.43. The quantitative estimate of drug-likeness (QED) is 0.702. The minimum Gasteiger partial charge on any atom is -0.481 e. The topological polar surface area (TPSA) is 102 Å². The van der Waals surface area contributed by atoms with Crippen molar-refractivity contribution in [3.63, 3.8) is 0 Å². The Morgan fingerprint density at radius 3 is 2.80 bits per heavy atom. The molecule has 20 heavy (non-hydrogen) atoms. The van der Waals surface area contributed by atoms with Crippen molar-refractivity contribution in [2.24, 2.45) is 0 Å². The number of hydrogen-bond acceptors (Lipinski definition) is 5. The van der Waals surface area contributed by atoms with Crippen molar-refractivity contribution < 1.29 is 9.90 Å². The summed E-state index contributed by atoms with van der Waals surface area (Å²) >= 11 is 0. The van der Waals surface area contributed by atoms with Crippen molar-refractivity contribution in [3.8, 4) is 0 Å². The number of nitrogen functional groups attached to an aromatic ring is 1. The lowest BCUT2D eigenvalue weighted by molar-refractivity contribution is -0.137. The molecule has 0 unspecified atom stereocenters. The van der Waals surface area contributed by atoms with Gasteiger partial charge in [-0.25, -0.2) is 15.0 Å². The molecule has 3 N–H and O–H groups in total. The van der Waals surface area contributed by atoms with Crippen LogP contribution in [0.3, 0.4) is 0 Å². The summed E-state index contributed by atoms with van der Waals surface area (Å²) in [6.07, 6.45) is 0.211. The van der Waals surface area contributed by atoms with E-state index in [4.69, 9.17) is 10.8 Å². The number of pyridine rings is 1. The van der Waals surface area contributed by atoms with Crippen LogP contribution >= 0.6 is 0 Å². The number of benzene rings is 1. The molecule has 0 atom stereocenters. The molecule has 0 saturated carbocycles. The number of carboxylic acids is 1. The van der Waals surface area contributed by atoms with Crippen molar-refractivity contribution >= 4 is 33.7 Å². The SMILES string of the molecule is Nc1nc(CCC(=O)O)nc2nc3ccccc3cc12. The normalized spacial score (nSPS) is 11.0. The number of aliphatic carboxylic acids is 1. The van der Waals surface area contributed by atoms with Crippen LogP contribution in [-0.2, 0) is 11.2 Å². The molecule has 0 fully saturated rings. The molecule has 3 rings (SSSR count). The first-order chi connectivity index (χ1) is 9.63. The number of para-hydroxylation sites is 1. The highest BCUT2D eigenvalue weighted by molar-refractivity contribution is 5.95. The van der Waals surface area contributed by atoms with Gasteiger partial charge in [-0.3, -0.25) is 4.79 Å². The summed E-state index contributed by atoms with van der Waals surface area (Å²) in [7, 11) is 0. The third kappa shape index (κ3) is 2.23.